The van der Waals surface area contributed by atoms with Gasteiger partial charge in [0.05, 0.1) is 13.2 Å². The van der Waals surface area contributed by atoms with E-state index in [4.69, 9.17) is 26.3 Å². The lowest BCUT2D eigenvalue weighted by Crippen LogP contribution is -2.45. The van der Waals surface area contributed by atoms with Gasteiger partial charge in [0.1, 0.15) is 16.6 Å². The monoisotopic (exact) mass is 285 g/mol. The minimum atomic E-state index is -0.391. The Labute approximate surface area is 114 Å². The van der Waals surface area contributed by atoms with E-state index in [9.17, 15) is 0 Å². The van der Waals surface area contributed by atoms with Crippen molar-refractivity contribution in [2.24, 2.45) is 0 Å². The van der Waals surface area contributed by atoms with Gasteiger partial charge in [0.25, 0.3) is 0 Å². The molecule has 2 fully saturated rings. The van der Waals surface area contributed by atoms with E-state index in [1.54, 1.807) is 0 Å². The zero-order chi connectivity index (χ0) is 12.6. The highest BCUT2D eigenvalue weighted by molar-refractivity contribution is 7.10. The first-order valence-electron chi connectivity index (χ1n) is 5.82. The summed E-state index contributed by atoms with van der Waals surface area (Å²) < 4.78 is 15.4. The summed E-state index contributed by atoms with van der Waals surface area (Å²) in [6, 6.07) is 2.11. The molecule has 0 amide bonds. The highest BCUT2D eigenvalue weighted by atomic mass is 35.5. The van der Waals surface area contributed by atoms with Gasteiger partial charge < -0.3 is 14.4 Å². The first-order chi connectivity index (χ1) is 8.74. The minimum Gasteiger partial charge on any atom is -0.361 e. The van der Waals surface area contributed by atoms with E-state index in [-0.39, 0.29) is 0 Å². The second-order valence-corrected chi connectivity index (χ2v) is 5.47. The van der Waals surface area contributed by atoms with E-state index in [1.165, 1.54) is 11.5 Å². The molecule has 1 aromatic heterocycles. The van der Waals surface area contributed by atoms with Crippen molar-refractivity contribution in [3.05, 3.63) is 10.7 Å². The zero-order valence-corrected chi connectivity index (χ0v) is 11.3. The lowest BCUT2D eigenvalue weighted by Gasteiger charge is -2.37. The number of halogens is 1. The number of rotatable bonds is 1. The molecule has 3 rings (SSSR count). The van der Waals surface area contributed by atoms with Gasteiger partial charge in [-0.15, -0.1) is 0 Å². The molecule has 1 aromatic rings. The molecule has 0 bridgehead atoms. The molecule has 1 spiro atoms. The highest BCUT2D eigenvalue weighted by Crippen LogP contribution is 2.37. The van der Waals surface area contributed by atoms with Crippen LogP contribution < -0.4 is 4.90 Å². The van der Waals surface area contributed by atoms with Crippen LogP contribution in [0.1, 0.15) is 18.4 Å². The third kappa shape index (κ3) is 1.97. The van der Waals surface area contributed by atoms with E-state index in [0.29, 0.717) is 23.9 Å². The van der Waals surface area contributed by atoms with Crippen molar-refractivity contribution in [2.75, 3.05) is 31.2 Å². The number of hydrogen-bond acceptors (Lipinski definition) is 6. The van der Waals surface area contributed by atoms with E-state index < -0.39 is 5.79 Å². The maximum atomic E-state index is 9.08. The topological polar surface area (TPSA) is 58.4 Å². The Hall–Kier alpha value is -0.870. The number of nitrogens with zero attached hydrogens (tertiary/aromatic N) is 3. The van der Waals surface area contributed by atoms with Crippen LogP contribution in [-0.2, 0) is 9.47 Å². The molecule has 0 aliphatic carbocycles. The van der Waals surface area contributed by atoms with Crippen LogP contribution in [0.15, 0.2) is 0 Å². The largest absolute Gasteiger partial charge is 0.361 e. The van der Waals surface area contributed by atoms with Gasteiger partial charge >= 0.3 is 0 Å². The van der Waals surface area contributed by atoms with Crippen LogP contribution in [0.5, 0.6) is 0 Å². The molecule has 2 aliphatic rings. The summed E-state index contributed by atoms with van der Waals surface area (Å²) in [7, 11) is 0. The van der Waals surface area contributed by atoms with Gasteiger partial charge in [-0.2, -0.15) is 9.64 Å². The summed E-state index contributed by atoms with van der Waals surface area (Å²) in [5, 5.41) is 10.2. The normalized spacial score (nSPS) is 22.3. The zero-order valence-electron chi connectivity index (χ0n) is 9.69. The predicted molar refractivity (Wildman–Crippen MR) is 67.9 cm³/mol. The van der Waals surface area contributed by atoms with Crippen LogP contribution in [0.4, 0.5) is 5.00 Å². The fraction of sp³-hybridized carbons (Fsp3) is 0.636. The van der Waals surface area contributed by atoms with Crippen LogP contribution in [-0.4, -0.2) is 36.5 Å². The average molecular weight is 286 g/mol. The van der Waals surface area contributed by atoms with Gasteiger partial charge in [-0.3, -0.25) is 0 Å². The minimum absolute atomic E-state index is 0.297. The molecule has 2 saturated heterocycles. The predicted octanol–water partition coefficient (Wildman–Crippen LogP) is 2.01. The molecule has 0 N–H and O–H groups in total. The van der Waals surface area contributed by atoms with Crippen molar-refractivity contribution >= 4 is 28.1 Å². The average Bonchev–Trinajstić information content (AvgIpc) is 2.98. The molecule has 2 aliphatic heterocycles. The van der Waals surface area contributed by atoms with Crippen molar-refractivity contribution in [2.45, 2.75) is 18.6 Å². The molecule has 7 heteroatoms. The van der Waals surface area contributed by atoms with E-state index in [1.807, 2.05) is 0 Å². The number of anilines is 1. The third-order valence-electron chi connectivity index (χ3n) is 3.37. The van der Waals surface area contributed by atoms with Crippen molar-refractivity contribution in [3.8, 4) is 6.07 Å². The van der Waals surface area contributed by atoms with Crippen LogP contribution in [0.25, 0.3) is 0 Å². The first kappa shape index (κ1) is 12.2. The molecule has 18 heavy (non-hydrogen) atoms. The Morgan fingerprint density at radius 1 is 1.33 bits per heavy atom. The molecule has 96 valence electrons. The first-order valence-corrected chi connectivity index (χ1v) is 6.97. The molecular formula is C11H12ClN3O2S. The van der Waals surface area contributed by atoms with Crippen molar-refractivity contribution in [1.82, 2.24) is 4.37 Å². The Balaban J connectivity index is 1.74. The number of ether oxygens (including phenoxy) is 2. The molecule has 3 heterocycles. The van der Waals surface area contributed by atoms with Crippen molar-refractivity contribution in [1.29, 1.82) is 5.26 Å². The Morgan fingerprint density at radius 2 is 2.00 bits per heavy atom. The maximum absolute atomic E-state index is 9.08. The van der Waals surface area contributed by atoms with Gasteiger partial charge in [-0.05, 0) is 11.5 Å². The molecule has 0 unspecified atom stereocenters. The molecule has 0 radical (unpaired) electrons. The Bertz CT molecular complexity index is 483. The highest BCUT2D eigenvalue weighted by Gasteiger charge is 2.40. The molecule has 5 nitrogen and oxygen atoms in total. The van der Waals surface area contributed by atoms with Crippen LogP contribution in [0.3, 0.4) is 0 Å². The quantitative estimate of drug-likeness (QED) is 0.790. The van der Waals surface area contributed by atoms with Crippen LogP contribution in [0.2, 0.25) is 5.15 Å². The van der Waals surface area contributed by atoms with Crippen LogP contribution in [0, 0.1) is 11.3 Å². The molecule has 0 atom stereocenters. The standard InChI is InChI=1S/C11H12ClN3O2S/c12-9-8(7-13)10(18-14-9)15-3-1-11(2-4-15)16-5-6-17-11/h1-6H2. The fourth-order valence-corrected chi connectivity index (χ4v) is 3.49. The van der Waals surface area contributed by atoms with Gasteiger partial charge in [0.2, 0.25) is 0 Å². The van der Waals surface area contributed by atoms with Gasteiger partial charge in [-0.25, -0.2) is 0 Å². The molecular weight excluding hydrogens is 274 g/mol. The van der Waals surface area contributed by atoms with Crippen LogP contribution >= 0.6 is 23.1 Å². The van der Waals surface area contributed by atoms with E-state index >= 15 is 0 Å². The van der Waals surface area contributed by atoms with Gasteiger partial charge in [0.15, 0.2) is 10.9 Å². The van der Waals surface area contributed by atoms with E-state index in [2.05, 4.69) is 15.3 Å². The lowest BCUT2D eigenvalue weighted by molar-refractivity contribution is -0.169. The summed E-state index contributed by atoms with van der Waals surface area (Å²) in [5.74, 6) is -0.391. The summed E-state index contributed by atoms with van der Waals surface area (Å²) in [6.45, 7) is 2.95. The smallest absolute Gasteiger partial charge is 0.171 e. The third-order valence-corrected chi connectivity index (χ3v) is 4.65. The number of hydrogen-bond donors (Lipinski definition) is 0. The Morgan fingerprint density at radius 3 is 2.61 bits per heavy atom. The SMILES string of the molecule is N#Cc1c(Cl)nsc1N1CCC2(CC1)OCCO2. The van der Waals surface area contributed by atoms with Gasteiger partial charge in [-0.1, -0.05) is 11.6 Å². The van der Waals surface area contributed by atoms with Gasteiger partial charge in [0, 0.05) is 25.9 Å². The van der Waals surface area contributed by atoms with E-state index in [0.717, 1.165) is 30.9 Å². The van der Waals surface area contributed by atoms with Crippen molar-refractivity contribution in [3.63, 3.8) is 0 Å². The summed E-state index contributed by atoms with van der Waals surface area (Å²) in [5.41, 5.74) is 0.478. The summed E-state index contributed by atoms with van der Waals surface area (Å²) in [6.07, 6.45) is 1.63. The lowest BCUT2D eigenvalue weighted by atomic mass is 10.0. The summed E-state index contributed by atoms with van der Waals surface area (Å²) in [4.78, 5) is 2.14. The number of nitriles is 1. The maximum Gasteiger partial charge on any atom is 0.171 e. The molecule has 0 saturated carbocycles. The fourth-order valence-electron chi connectivity index (χ4n) is 2.41. The second-order valence-electron chi connectivity index (χ2n) is 4.36. The molecule has 0 aromatic carbocycles. The van der Waals surface area contributed by atoms with Crippen molar-refractivity contribution < 1.29 is 9.47 Å². The number of piperidine rings is 1. The second kappa shape index (κ2) is 4.67. The summed E-state index contributed by atoms with van der Waals surface area (Å²) >= 11 is 7.16. The number of aromatic nitrogens is 1. The Kier molecular flexibility index (Phi) is 3.16.